The van der Waals surface area contributed by atoms with Crippen LogP contribution in [0, 0.1) is 19.8 Å². The normalized spacial score (nSPS) is 23.3. The van der Waals surface area contributed by atoms with Crippen LogP contribution in [-0.4, -0.2) is 19.2 Å². The van der Waals surface area contributed by atoms with Crippen molar-refractivity contribution in [3.05, 3.63) is 29.3 Å². The van der Waals surface area contributed by atoms with Crippen LogP contribution in [0.2, 0.25) is 0 Å². The van der Waals surface area contributed by atoms with Crippen molar-refractivity contribution in [3.63, 3.8) is 0 Å². The van der Waals surface area contributed by atoms with E-state index in [1.807, 2.05) is 0 Å². The molecule has 0 radical (unpaired) electrons. The van der Waals surface area contributed by atoms with Crippen molar-refractivity contribution in [3.8, 4) is 5.75 Å². The highest BCUT2D eigenvalue weighted by Crippen LogP contribution is 2.23. The number of hydrogen-bond donors (Lipinski definition) is 1. The van der Waals surface area contributed by atoms with E-state index in [1.165, 1.54) is 36.8 Å². The van der Waals surface area contributed by atoms with E-state index in [0.29, 0.717) is 6.04 Å². The average Bonchev–Trinajstić information content (AvgIpc) is 2.34. The third kappa shape index (κ3) is 4.87. The second kappa shape index (κ2) is 6.95. The summed E-state index contributed by atoms with van der Waals surface area (Å²) in [5.41, 5.74) is 2.54. The molecule has 1 aliphatic rings. The lowest BCUT2D eigenvalue weighted by Crippen LogP contribution is -2.36. The number of nitrogens with one attached hydrogen (secondary N) is 1. The van der Waals surface area contributed by atoms with Gasteiger partial charge in [-0.1, -0.05) is 25.8 Å². The molecule has 1 saturated carbocycles. The van der Waals surface area contributed by atoms with Gasteiger partial charge in [-0.25, -0.2) is 0 Å². The number of rotatable bonds is 5. The molecule has 106 valence electrons. The van der Waals surface area contributed by atoms with Gasteiger partial charge in [0.2, 0.25) is 0 Å². The number of benzene rings is 1. The Hall–Kier alpha value is -1.02. The van der Waals surface area contributed by atoms with Crippen molar-refractivity contribution >= 4 is 0 Å². The lowest BCUT2D eigenvalue weighted by Gasteiger charge is -2.27. The molecule has 0 heterocycles. The number of ether oxygens (including phenoxy) is 1. The molecule has 0 amide bonds. The summed E-state index contributed by atoms with van der Waals surface area (Å²) in [6, 6.07) is 7.09. The molecule has 1 N–H and O–H groups in total. The summed E-state index contributed by atoms with van der Waals surface area (Å²) in [6.07, 6.45) is 5.42. The minimum absolute atomic E-state index is 0.701. The fraction of sp³-hybridized carbons (Fsp3) is 0.647. The molecule has 2 nitrogen and oxygen atoms in total. The SMILES string of the molecule is Cc1cc(C)cc(OCCNC2CCCC(C)C2)c1. The molecular weight excluding hydrogens is 234 g/mol. The lowest BCUT2D eigenvalue weighted by molar-refractivity contribution is 0.266. The van der Waals surface area contributed by atoms with E-state index in [0.717, 1.165) is 24.8 Å². The average molecular weight is 261 g/mol. The Kier molecular flexibility index (Phi) is 5.26. The third-order valence-electron chi connectivity index (χ3n) is 3.94. The predicted molar refractivity (Wildman–Crippen MR) is 80.8 cm³/mol. The molecule has 0 bridgehead atoms. The van der Waals surface area contributed by atoms with Crippen molar-refractivity contribution in [2.24, 2.45) is 5.92 Å². The molecule has 19 heavy (non-hydrogen) atoms. The Morgan fingerprint density at radius 2 is 1.89 bits per heavy atom. The van der Waals surface area contributed by atoms with E-state index >= 15 is 0 Å². The van der Waals surface area contributed by atoms with Gasteiger partial charge in [-0.3, -0.25) is 0 Å². The molecule has 2 heteroatoms. The van der Waals surface area contributed by atoms with Crippen molar-refractivity contribution < 1.29 is 4.74 Å². The van der Waals surface area contributed by atoms with Gasteiger partial charge in [-0.2, -0.15) is 0 Å². The zero-order chi connectivity index (χ0) is 13.7. The lowest BCUT2D eigenvalue weighted by atomic mass is 9.87. The second-order valence-corrected chi connectivity index (χ2v) is 6.09. The van der Waals surface area contributed by atoms with Crippen LogP contribution in [0.4, 0.5) is 0 Å². The highest BCUT2D eigenvalue weighted by atomic mass is 16.5. The molecule has 0 spiro atoms. The quantitative estimate of drug-likeness (QED) is 0.813. The van der Waals surface area contributed by atoms with E-state index < -0.39 is 0 Å². The number of aryl methyl sites for hydroxylation is 2. The fourth-order valence-corrected chi connectivity index (χ4v) is 3.07. The van der Waals surface area contributed by atoms with Gasteiger partial charge >= 0.3 is 0 Å². The summed E-state index contributed by atoms with van der Waals surface area (Å²) in [6.45, 7) is 8.29. The maximum Gasteiger partial charge on any atom is 0.119 e. The topological polar surface area (TPSA) is 21.3 Å². The van der Waals surface area contributed by atoms with Crippen molar-refractivity contribution in [2.45, 2.75) is 52.5 Å². The van der Waals surface area contributed by atoms with E-state index in [-0.39, 0.29) is 0 Å². The zero-order valence-corrected chi connectivity index (χ0v) is 12.5. The molecule has 1 aromatic rings. The highest BCUT2D eigenvalue weighted by molar-refractivity contribution is 5.32. The van der Waals surface area contributed by atoms with E-state index in [2.05, 4.69) is 44.3 Å². The predicted octanol–water partition coefficient (Wildman–Crippen LogP) is 3.85. The first-order valence-electron chi connectivity index (χ1n) is 7.58. The van der Waals surface area contributed by atoms with Crippen LogP contribution in [0.3, 0.4) is 0 Å². The monoisotopic (exact) mass is 261 g/mol. The van der Waals surface area contributed by atoms with Crippen LogP contribution in [0.5, 0.6) is 5.75 Å². The Bertz CT molecular complexity index is 382. The van der Waals surface area contributed by atoms with Crippen molar-refractivity contribution in [1.82, 2.24) is 5.32 Å². The number of hydrogen-bond acceptors (Lipinski definition) is 2. The smallest absolute Gasteiger partial charge is 0.119 e. The minimum Gasteiger partial charge on any atom is -0.492 e. The van der Waals surface area contributed by atoms with Crippen LogP contribution < -0.4 is 10.1 Å². The van der Waals surface area contributed by atoms with Crippen molar-refractivity contribution in [1.29, 1.82) is 0 Å². The van der Waals surface area contributed by atoms with Crippen LogP contribution in [0.25, 0.3) is 0 Å². The van der Waals surface area contributed by atoms with Gasteiger partial charge in [-0.15, -0.1) is 0 Å². The maximum atomic E-state index is 5.82. The zero-order valence-electron chi connectivity index (χ0n) is 12.5. The molecular formula is C17H27NO. The molecule has 0 saturated heterocycles. The van der Waals surface area contributed by atoms with Crippen LogP contribution in [0.15, 0.2) is 18.2 Å². The minimum atomic E-state index is 0.701. The molecule has 1 aromatic carbocycles. The highest BCUT2D eigenvalue weighted by Gasteiger charge is 2.17. The van der Waals surface area contributed by atoms with Crippen LogP contribution in [0.1, 0.15) is 43.7 Å². The molecule has 0 aliphatic heterocycles. The van der Waals surface area contributed by atoms with E-state index in [4.69, 9.17) is 4.74 Å². The second-order valence-electron chi connectivity index (χ2n) is 6.09. The van der Waals surface area contributed by atoms with Crippen molar-refractivity contribution in [2.75, 3.05) is 13.2 Å². The van der Waals surface area contributed by atoms with Gasteiger partial charge < -0.3 is 10.1 Å². The van der Waals surface area contributed by atoms with Crippen LogP contribution >= 0.6 is 0 Å². The largest absolute Gasteiger partial charge is 0.492 e. The van der Waals surface area contributed by atoms with Gasteiger partial charge in [0.15, 0.2) is 0 Å². The Balaban J connectivity index is 1.68. The summed E-state index contributed by atoms with van der Waals surface area (Å²) in [5, 5.41) is 3.63. The van der Waals surface area contributed by atoms with E-state index in [9.17, 15) is 0 Å². The van der Waals surface area contributed by atoms with E-state index in [1.54, 1.807) is 0 Å². The molecule has 0 aromatic heterocycles. The Labute approximate surface area is 117 Å². The van der Waals surface area contributed by atoms with Gasteiger partial charge in [0.05, 0.1) is 0 Å². The summed E-state index contributed by atoms with van der Waals surface area (Å²) >= 11 is 0. The molecule has 1 aliphatic carbocycles. The molecule has 2 unspecified atom stereocenters. The first-order chi connectivity index (χ1) is 9.13. The summed E-state index contributed by atoms with van der Waals surface area (Å²) in [7, 11) is 0. The summed E-state index contributed by atoms with van der Waals surface area (Å²) in [5.74, 6) is 1.88. The fourth-order valence-electron chi connectivity index (χ4n) is 3.07. The summed E-state index contributed by atoms with van der Waals surface area (Å²) in [4.78, 5) is 0. The Morgan fingerprint density at radius 3 is 2.58 bits per heavy atom. The Morgan fingerprint density at radius 1 is 1.16 bits per heavy atom. The first-order valence-corrected chi connectivity index (χ1v) is 7.58. The van der Waals surface area contributed by atoms with Gasteiger partial charge in [-0.05, 0) is 55.9 Å². The molecule has 2 rings (SSSR count). The molecule has 1 fully saturated rings. The van der Waals surface area contributed by atoms with Gasteiger partial charge in [0.1, 0.15) is 12.4 Å². The molecule has 2 atom stereocenters. The summed E-state index contributed by atoms with van der Waals surface area (Å²) < 4.78 is 5.82. The standard InChI is InChI=1S/C17H27NO/c1-13-5-4-6-16(10-13)18-7-8-19-17-11-14(2)9-15(3)12-17/h9,11-13,16,18H,4-8,10H2,1-3H3. The van der Waals surface area contributed by atoms with Crippen LogP contribution in [-0.2, 0) is 0 Å². The first kappa shape index (κ1) is 14.4. The maximum absolute atomic E-state index is 5.82. The van der Waals surface area contributed by atoms with Gasteiger partial charge in [0.25, 0.3) is 0 Å². The third-order valence-corrected chi connectivity index (χ3v) is 3.94. The van der Waals surface area contributed by atoms with Gasteiger partial charge in [0, 0.05) is 12.6 Å².